The van der Waals surface area contributed by atoms with Gasteiger partial charge in [-0.1, -0.05) is 36.8 Å². The van der Waals surface area contributed by atoms with E-state index in [1.54, 1.807) is 11.1 Å². The summed E-state index contributed by atoms with van der Waals surface area (Å²) in [7, 11) is 0. The Morgan fingerprint density at radius 2 is 2.07 bits per heavy atom. The molecule has 2 atom stereocenters. The minimum Gasteiger partial charge on any atom is -0.0683 e. The van der Waals surface area contributed by atoms with Gasteiger partial charge in [-0.05, 0) is 48.3 Å². The van der Waals surface area contributed by atoms with Crippen molar-refractivity contribution in [3.05, 3.63) is 40.5 Å². The Labute approximate surface area is 85.6 Å². The molecule has 0 heterocycles. The number of benzene rings is 1. The van der Waals surface area contributed by atoms with Gasteiger partial charge in [-0.15, -0.1) is 0 Å². The Hall–Kier alpha value is -1.04. The molecule has 1 aromatic carbocycles. The van der Waals surface area contributed by atoms with E-state index in [1.807, 2.05) is 0 Å². The first-order valence-electron chi connectivity index (χ1n) is 5.54. The van der Waals surface area contributed by atoms with Gasteiger partial charge in [0.2, 0.25) is 0 Å². The summed E-state index contributed by atoms with van der Waals surface area (Å²) in [6.07, 6.45) is 4.93. The SMILES string of the molecule is CC1=Cc2cccc(C3CC3C)c2C1. The summed E-state index contributed by atoms with van der Waals surface area (Å²) in [6, 6.07) is 6.80. The molecule has 2 unspecified atom stereocenters. The third-order valence-electron chi connectivity index (χ3n) is 3.61. The molecule has 0 spiro atoms. The average molecular weight is 184 g/mol. The van der Waals surface area contributed by atoms with Crippen molar-refractivity contribution in [3.63, 3.8) is 0 Å². The van der Waals surface area contributed by atoms with E-state index >= 15 is 0 Å². The van der Waals surface area contributed by atoms with Crippen molar-refractivity contribution in [3.8, 4) is 0 Å². The number of rotatable bonds is 1. The molecule has 14 heavy (non-hydrogen) atoms. The molecule has 1 saturated carbocycles. The molecule has 1 aromatic rings. The van der Waals surface area contributed by atoms with Crippen LogP contribution in [-0.4, -0.2) is 0 Å². The zero-order valence-electron chi connectivity index (χ0n) is 8.88. The van der Waals surface area contributed by atoms with Crippen LogP contribution in [0.3, 0.4) is 0 Å². The second-order valence-corrected chi connectivity index (χ2v) is 4.90. The van der Waals surface area contributed by atoms with Crippen LogP contribution >= 0.6 is 0 Å². The molecule has 0 amide bonds. The van der Waals surface area contributed by atoms with Crippen LogP contribution in [0.15, 0.2) is 23.8 Å². The van der Waals surface area contributed by atoms with Gasteiger partial charge in [-0.3, -0.25) is 0 Å². The highest BCUT2D eigenvalue weighted by Crippen LogP contribution is 2.49. The zero-order chi connectivity index (χ0) is 9.71. The fourth-order valence-corrected chi connectivity index (χ4v) is 2.66. The maximum absolute atomic E-state index is 2.36. The molecule has 0 heteroatoms. The van der Waals surface area contributed by atoms with Crippen LogP contribution in [0.25, 0.3) is 6.08 Å². The van der Waals surface area contributed by atoms with Gasteiger partial charge in [0.05, 0.1) is 0 Å². The monoisotopic (exact) mass is 184 g/mol. The van der Waals surface area contributed by atoms with Crippen molar-refractivity contribution in [1.29, 1.82) is 0 Å². The summed E-state index contributed by atoms with van der Waals surface area (Å²) in [5.41, 5.74) is 6.22. The Morgan fingerprint density at radius 3 is 2.79 bits per heavy atom. The van der Waals surface area contributed by atoms with E-state index in [0.717, 1.165) is 11.8 Å². The molecule has 3 rings (SSSR count). The molecule has 72 valence electrons. The summed E-state index contributed by atoms with van der Waals surface area (Å²) in [5.74, 6) is 1.78. The van der Waals surface area contributed by atoms with Crippen molar-refractivity contribution < 1.29 is 0 Å². The van der Waals surface area contributed by atoms with E-state index < -0.39 is 0 Å². The first-order valence-corrected chi connectivity index (χ1v) is 5.54. The Balaban J connectivity index is 2.05. The fourth-order valence-electron chi connectivity index (χ4n) is 2.66. The third-order valence-corrected chi connectivity index (χ3v) is 3.61. The van der Waals surface area contributed by atoms with Gasteiger partial charge in [0.25, 0.3) is 0 Å². The van der Waals surface area contributed by atoms with Gasteiger partial charge in [0.1, 0.15) is 0 Å². The van der Waals surface area contributed by atoms with Crippen molar-refractivity contribution in [2.45, 2.75) is 32.6 Å². The molecule has 0 N–H and O–H groups in total. The van der Waals surface area contributed by atoms with Crippen LogP contribution in [0.4, 0.5) is 0 Å². The second-order valence-electron chi connectivity index (χ2n) is 4.90. The lowest BCUT2D eigenvalue weighted by molar-refractivity contribution is 0.903. The highest BCUT2D eigenvalue weighted by Gasteiger charge is 2.36. The Bertz CT molecular complexity index is 412. The summed E-state index contributed by atoms with van der Waals surface area (Å²) < 4.78 is 0. The van der Waals surface area contributed by atoms with Crippen LogP contribution < -0.4 is 0 Å². The van der Waals surface area contributed by atoms with E-state index in [4.69, 9.17) is 0 Å². The lowest BCUT2D eigenvalue weighted by atomic mass is 9.98. The normalized spacial score (nSPS) is 28.6. The topological polar surface area (TPSA) is 0 Å². The molecular weight excluding hydrogens is 168 g/mol. The predicted molar refractivity (Wildman–Crippen MR) is 60.3 cm³/mol. The molecule has 0 bridgehead atoms. The molecule has 0 aliphatic heterocycles. The van der Waals surface area contributed by atoms with E-state index in [9.17, 15) is 0 Å². The Kier molecular flexibility index (Phi) is 1.61. The molecule has 1 fully saturated rings. The van der Waals surface area contributed by atoms with Crippen LogP contribution in [0, 0.1) is 5.92 Å². The maximum Gasteiger partial charge on any atom is -0.00578 e. The van der Waals surface area contributed by atoms with Gasteiger partial charge in [-0.2, -0.15) is 0 Å². The van der Waals surface area contributed by atoms with Gasteiger partial charge in [0, 0.05) is 0 Å². The van der Waals surface area contributed by atoms with E-state index in [1.165, 1.54) is 24.0 Å². The molecular formula is C14H16. The van der Waals surface area contributed by atoms with Crippen LogP contribution in [0.2, 0.25) is 0 Å². The Morgan fingerprint density at radius 1 is 1.29 bits per heavy atom. The van der Waals surface area contributed by atoms with Crippen LogP contribution in [-0.2, 0) is 6.42 Å². The highest BCUT2D eigenvalue weighted by molar-refractivity contribution is 5.65. The third kappa shape index (κ3) is 1.13. The number of fused-ring (bicyclic) bond motifs is 1. The molecule has 0 nitrogen and oxygen atoms in total. The average Bonchev–Trinajstić information content (AvgIpc) is 2.74. The summed E-state index contributed by atoms with van der Waals surface area (Å²) in [5, 5.41) is 0. The molecule has 0 radical (unpaired) electrons. The summed E-state index contributed by atoms with van der Waals surface area (Å²) >= 11 is 0. The maximum atomic E-state index is 2.36. The van der Waals surface area contributed by atoms with Crippen molar-refractivity contribution in [1.82, 2.24) is 0 Å². The van der Waals surface area contributed by atoms with Crippen molar-refractivity contribution >= 4 is 6.08 Å². The van der Waals surface area contributed by atoms with E-state index in [-0.39, 0.29) is 0 Å². The lowest BCUT2D eigenvalue weighted by Gasteiger charge is -2.07. The summed E-state index contributed by atoms with van der Waals surface area (Å²) in [4.78, 5) is 0. The fraction of sp³-hybridized carbons (Fsp3) is 0.429. The molecule has 0 saturated heterocycles. The van der Waals surface area contributed by atoms with Gasteiger partial charge in [0.15, 0.2) is 0 Å². The zero-order valence-corrected chi connectivity index (χ0v) is 8.88. The highest BCUT2D eigenvalue weighted by atomic mass is 14.4. The molecule has 0 aromatic heterocycles. The van der Waals surface area contributed by atoms with Crippen molar-refractivity contribution in [2.24, 2.45) is 5.92 Å². The van der Waals surface area contributed by atoms with Crippen molar-refractivity contribution in [2.75, 3.05) is 0 Å². The van der Waals surface area contributed by atoms with Crippen LogP contribution in [0.1, 0.15) is 42.9 Å². The smallest absolute Gasteiger partial charge is 0.00578 e. The largest absolute Gasteiger partial charge is 0.0683 e. The van der Waals surface area contributed by atoms with Crippen LogP contribution in [0.5, 0.6) is 0 Å². The first-order chi connectivity index (χ1) is 6.75. The molecule has 2 aliphatic rings. The van der Waals surface area contributed by atoms with E-state index in [0.29, 0.717) is 0 Å². The first kappa shape index (κ1) is 8.28. The minimum atomic E-state index is 0.865. The number of hydrogen-bond donors (Lipinski definition) is 0. The molecule has 2 aliphatic carbocycles. The minimum absolute atomic E-state index is 0.865. The lowest BCUT2D eigenvalue weighted by Crippen LogP contribution is -1.92. The second kappa shape index (κ2) is 2.73. The van der Waals surface area contributed by atoms with Gasteiger partial charge in [-0.25, -0.2) is 0 Å². The van der Waals surface area contributed by atoms with Gasteiger partial charge >= 0.3 is 0 Å². The van der Waals surface area contributed by atoms with E-state index in [2.05, 4.69) is 38.1 Å². The predicted octanol–water partition coefficient (Wildman–Crippen LogP) is 3.77. The summed E-state index contributed by atoms with van der Waals surface area (Å²) in [6.45, 7) is 4.60. The number of allylic oxidation sites excluding steroid dienone is 1. The van der Waals surface area contributed by atoms with Gasteiger partial charge < -0.3 is 0 Å². The quantitative estimate of drug-likeness (QED) is 0.623. The number of hydrogen-bond acceptors (Lipinski definition) is 0. The standard InChI is InChI=1S/C14H16/c1-9-6-11-4-3-5-12(14(11)7-9)13-8-10(13)2/h3-6,10,13H,7-8H2,1-2H3.